The summed E-state index contributed by atoms with van der Waals surface area (Å²) in [6.45, 7) is 3.47. The fourth-order valence-electron chi connectivity index (χ4n) is 3.32. The van der Waals surface area contributed by atoms with E-state index in [-0.39, 0.29) is 12.0 Å². The van der Waals surface area contributed by atoms with E-state index in [4.69, 9.17) is 9.26 Å². The molecule has 2 heterocycles. The number of benzene rings is 1. The Balaban J connectivity index is 1.37. The summed E-state index contributed by atoms with van der Waals surface area (Å²) in [6.07, 6.45) is 3.56. The van der Waals surface area contributed by atoms with Crippen molar-refractivity contribution >= 4 is 5.97 Å². The zero-order valence-corrected chi connectivity index (χ0v) is 14.4. The molecule has 2 atom stereocenters. The summed E-state index contributed by atoms with van der Waals surface area (Å²) in [5.74, 6) is 1.36. The predicted molar refractivity (Wildman–Crippen MR) is 90.7 cm³/mol. The van der Waals surface area contributed by atoms with Gasteiger partial charge in [-0.05, 0) is 44.7 Å². The van der Waals surface area contributed by atoms with E-state index in [1.165, 1.54) is 5.56 Å². The van der Waals surface area contributed by atoms with E-state index in [9.17, 15) is 4.79 Å². The fraction of sp³-hybridized carbons (Fsp3) is 0.526. The third kappa shape index (κ3) is 3.74. The smallest absolute Gasteiger partial charge is 0.324 e. The van der Waals surface area contributed by atoms with E-state index in [2.05, 4.69) is 27.2 Å². The van der Waals surface area contributed by atoms with Gasteiger partial charge in [0, 0.05) is 12.5 Å². The van der Waals surface area contributed by atoms with Crippen molar-refractivity contribution < 1.29 is 14.1 Å². The number of aromatic nitrogens is 2. The minimum atomic E-state index is -0.508. The third-order valence-corrected chi connectivity index (χ3v) is 4.90. The fourth-order valence-corrected chi connectivity index (χ4v) is 3.32. The average Bonchev–Trinajstić information content (AvgIpc) is 3.17. The molecule has 1 saturated carbocycles. The molecule has 25 heavy (non-hydrogen) atoms. The lowest BCUT2D eigenvalue weighted by Gasteiger charge is -2.23. The van der Waals surface area contributed by atoms with E-state index in [0.717, 1.165) is 44.6 Å². The first kappa shape index (κ1) is 16.3. The van der Waals surface area contributed by atoms with Crippen molar-refractivity contribution in [3.63, 3.8) is 0 Å². The highest BCUT2D eigenvalue weighted by molar-refractivity contribution is 5.76. The van der Waals surface area contributed by atoms with Crippen LogP contribution in [-0.2, 0) is 16.1 Å². The van der Waals surface area contributed by atoms with Crippen molar-refractivity contribution in [2.24, 2.45) is 0 Å². The lowest BCUT2D eigenvalue weighted by atomic mass is 10.2. The molecule has 1 saturated heterocycles. The molecule has 2 aliphatic rings. The van der Waals surface area contributed by atoms with Crippen LogP contribution in [0.25, 0.3) is 0 Å². The van der Waals surface area contributed by atoms with Crippen molar-refractivity contribution in [1.29, 1.82) is 0 Å². The van der Waals surface area contributed by atoms with Crippen LogP contribution in [0.4, 0.5) is 0 Å². The van der Waals surface area contributed by atoms with Crippen LogP contribution in [0, 0.1) is 0 Å². The Hall–Kier alpha value is -2.21. The second kappa shape index (κ2) is 6.96. The number of esters is 1. The number of rotatable bonds is 6. The molecule has 4 rings (SSSR count). The molecule has 0 bridgehead atoms. The van der Waals surface area contributed by atoms with Gasteiger partial charge in [0.1, 0.15) is 6.04 Å². The van der Waals surface area contributed by atoms with Gasteiger partial charge in [0.05, 0.1) is 0 Å². The Morgan fingerprint density at radius 2 is 2.12 bits per heavy atom. The van der Waals surface area contributed by atoms with Gasteiger partial charge < -0.3 is 9.26 Å². The van der Waals surface area contributed by atoms with Crippen molar-refractivity contribution in [2.75, 3.05) is 6.54 Å². The summed E-state index contributed by atoms with van der Waals surface area (Å²) >= 11 is 0. The highest BCUT2D eigenvalue weighted by Crippen LogP contribution is 2.38. The summed E-state index contributed by atoms with van der Waals surface area (Å²) < 4.78 is 10.9. The largest absolute Gasteiger partial charge is 0.451 e. The molecule has 1 aliphatic carbocycles. The Morgan fingerprint density at radius 3 is 2.88 bits per heavy atom. The second-order valence-corrected chi connectivity index (χ2v) is 6.96. The van der Waals surface area contributed by atoms with Crippen LogP contribution in [0.1, 0.15) is 61.9 Å². The number of nitrogens with zero attached hydrogens (tertiary/aromatic N) is 3. The summed E-state index contributed by atoms with van der Waals surface area (Å²) in [5.41, 5.74) is 1.21. The van der Waals surface area contributed by atoms with Crippen molar-refractivity contribution in [2.45, 2.75) is 57.2 Å². The van der Waals surface area contributed by atoms with Crippen LogP contribution in [-0.4, -0.2) is 33.6 Å². The van der Waals surface area contributed by atoms with E-state index >= 15 is 0 Å². The van der Waals surface area contributed by atoms with Gasteiger partial charge >= 0.3 is 5.97 Å². The molecule has 0 radical (unpaired) electrons. The van der Waals surface area contributed by atoms with Gasteiger partial charge in [-0.25, -0.2) is 0 Å². The van der Waals surface area contributed by atoms with E-state index in [1.54, 1.807) is 6.92 Å². The number of carbonyl (C=O) groups excluding carboxylic acids is 1. The Bertz CT molecular complexity index is 727. The molecule has 1 aliphatic heterocycles. The zero-order valence-electron chi connectivity index (χ0n) is 14.4. The second-order valence-electron chi connectivity index (χ2n) is 6.96. The summed E-state index contributed by atoms with van der Waals surface area (Å²) in [6, 6.07) is 10.0. The molecular weight excluding hydrogens is 318 g/mol. The topological polar surface area (TPSA) is 68.5 Å². The molecule has 2 unspecified atom stereocenters. The zero-order chi connectivity index (χ0) is 17.2. The number of likely N-dealkylation sites (tertiary alicyclic amines) is 1. The molecule has 2 aromatic rings. The van der Waals surface area contributed by atoms with Crippen LogP contribution in [0.5, 0.6) is 0 Å². The van der Waals surface area contributed by atoms with Gasteiger partial charge in [-0.1, -0.05) is 35.5 Å². The number of hydrogen-bond acceptors (Lipinski definition) is 6. The third-order valence-electron chi connectivity index (χ3n) is 4.90. The molecular formula is C19H23N3O3. The molecule has 2 fully saturated rings. The Kier molecular flexibility index (Phi) is 4.53. The molecule has 0 amide bonds. The summed E-state index contributed by atoms with van der Waals surface area (Å²) in [4.78, 5) is 19.2. The van der Waals surface area contributed by atoms with Gasteiger partial charge in [-0.3, -0.25) is 9.69 Å². The number of carbonyl (C=O) groups is 1. The Labute approximate surface area is 147 Å². The predicted octanol–water partition coefficient (Wildman–Crippen LogP) is 3.22. The monoisotopic (exact) mass is 341 g/mol. The maximum absolute atomic E-state index is 12.6. The molecule has 0 N–H and O–H groups in total. The average molecular weight is 341 g/mol. The van der Waals surface area contributed by atoms with Crippen molar-refractivity contribution in [3.05, 3.63) is 47.6 Å². The summed E-state index contributed by atoms with van der Waals surface area (Å²) in [5, 5.41) is 3.99. The molecule has 0 spiro atoms. The molecule has 132 valence electrons. The molecule has 6 nitrogen and oxygen atoms in total. The number of ether oxygens (including phenoxy) is 1. The first-order valence-electron chi connectivity index (χ1n) is 9.02. The van der Waals surface area contributed by atoms with Crippen LogP contribution in [0.2, 0.25) is 0 Å². The van der Waals surface area contributed by atoms with Crippen LogP contribution in [0.15, 0.2) is 34.9 Å². The maximum Gasteiger partial charge on any atom is 0.324 e. The van der Waals surface area contributed by atoms with Gasteiger partial charge in [-0.2, -0.15) is 4.98 Å². The van der Waals surface area contributed by atoms with Crippen LogP contribution >= 0.6 is 0 Å². The van der Waals surface area contributed by atoms with Crippen LogP contribution in [0.3, 0.4) is 0 Å². The molecule has 1 aromatic heterocycles. The van der Waals surface area contributed by atoms with Crippen molar-refractivity contribution in [1.82, 2.24) is 15.0 Å². The minimum Gasteiger partial charge on any atom is -0.451 e. The van der Waals surface area contributed by atoms with E-state index in [1.807, 2.05) is 18.2 Å². The first-order chi connectivity index (χ1) is 12.2. The normalized spacial score (nSPS) is 22.0. The highest BCUT2D eigenvalue weighted by Gasteiger charge is 2.34. The van der Waals surface area contributed by atoms with E-state index in [0.29, 0.717) is 11.8 Å². The van der Waals surface area contributed by atoms with Gasteiger partial charge in [0.2, 0.25) is 0 Å². The number of hydrogen-bond donors (Lipinski definition) is 0. The Morgan fingerprint density at radius 1 is 1.32 bits per heavy atom. The van der Waals surface area contributed by atoms with Crippen molar-refractivity contribution in [3.8, 4) is 0 Å². The highest BCUT2D eigenvalue weighted by atomic mass is 16.6. The molecule has 1 aromatic carbocycles. The lowest BCUT2D eigenvalue weighted by molar-refractivity contribution is -0.155. The standard InChI is InChI=1S/C19H23N3O3/c1-13(18-20-17(21-25-18)15-9-10-15)24-19(23)16-8-5-11-22(16)12-14-6-3-2-4-7-14/h2-4,6-7,13,15-16H,5,8-12H2,1H3. The van der Waals surface area contributed by atoms with E-state index < -0.39 is 6.10 Å². The van der Waals surface area contributed by atoms with Crippen LogP contribution < -0.4 is 0 Å². The summed E-state index contributed by atoms with van der Waals surface area (Å²) in [7, 11) is 0. The quantitative estimate of drug-likeness (QED) is 0.752. The molecule has 6 heteroatoms. The van der Waals surface area contributed by atoms with Gasteiger partial charge in [0.25, 0.3) is 5.89 Å². The lowest BCUT2D eigenvalue weighted by Crippen LogP contribution is -2.37. The van der Waals surface area contributed by atoms with Gasteiger partial charge in [-0.15, -0.1) is 0 Å². The SMILES string of the molecule is CC(OC(=O)C1CCCN1Cc1ccccc1)c1nc(C2CC2)no1. The minimum absolute atomic E-state index is 0.200. The van der Waals surface area contributed by atoms with Gasteiger partial charge in [0.15, 0.2) is 11.9 Å². The maximum atomic E-state index is 12.6. The first-order valence-corrected chi connectivity index (χ1v) is 9.02.